The van der Waals surface area contributed by atoms with Gasteiger partial charge in [-0.3, -0.25) is 0 Å². The van der Waals surface area contributed by atoms with E-state index in [0.717, 1.165) is 16.5 Å². The molecule has 2 aromatic carbocycles. The molecule has 4 rings (SSSR count). The predicted molar refractivity (Wildman–Crippen MR) is 84.8 cm³/mol. The van der Waals surface area contributed by atoms with Crippen molar-refractivity contribution in [1.29, 1.82) is 0 Å². The lowest BCUT2D eigenvalue weighted by Gasteiger charge is -2.01. The van der Waals surface area contributed by atoms with Crippen LogP contribution < -0.4 is 5.76 Å². The van der Waals surface area contributed by atoms with Gasteiger partial charge in [0.25, 0.3) is 5.89 Å². The van der Waals surface area contributed by atoms with Crippen LogP contribution in [0.5, 0.6) is 0 Å². The number of halogens is 2. The average molecular weight is 330 g/mol. The summed E-state index contributed by atoms with van der Waals surface area (Å²) in [6, 6.07) is 11.3. The second-order valence-corrected chi connectivity index (χ2v) is 5.43. The highest BCUT2D eigenvalue weighted by Gasteiger charge is 2.19. The second-order valence-electron chi connectivity index (χ2n) is 4.99. The predicted octanol–water partition coefficient (Wildman–Crippen LogP) is 3.97. The quantitative estimate of drug-likeness (QED) is 0.584. The molecule has 0 saturated carbocycles. The number of aromatic nitrogens is 3. The molecule has 0 amide bonds. The van der Waals surface area contributed by atoms with Crippen molar-refractivity contribution in [1.82, 2.24) is 15.2 Å². The summed E-state index contributed by atoms with van der Waals surface area (Å²) in [7, 11) is 0. The fourth-order valence-electron chi connectivity index (χ4n) is 2.56. The van der Waals surface area contributed by atoms with Gasteiger partial charge in [0, 0.05) is 15.9 Å². The Kier molecular flexibility index (Phi) is 3.06. The molecule has 0 fully saturated rings. The van der Waals surface area contributed by atoms with Gasteiger partial charge in [0.1, 0.15) is 5.82 Å². The highest BCUT2D eigenvalue weighted by molar-refractivity contribution is 6.31. The monoisotopic (exact) mass is 329 g/mol. The smallest absolute Gasteiger partial charge is 0.388 e. The van der Waals surface area contributed by atoms with Crippen molar-refractivity contribution < 1.29 is 8.81 Å². The van der Waals surface area contributed by atoms with Crippen LogP contribution in [0.1, 0.15) is 0 Å². The first-order valence-corrected chi connectivity index (χ1v) is 7.12. The van der Waals surface area contributed by atoms with Gasteiger partial charge in [-0.25, -0.2) is 14.3 Å². The van der Waals surface area contributed by atoms with E-state index in [9.17, 15) is 9.18 Å². The first-order valence-electron chi connectivity index (χ1n) is 6.75. The second kappa shape index (κ2) is 5.10. The van der Waals surface area contributed by atoms with Gasteiger partial charge in [0.15, 0.2) is 0 Å². The van der Waals surface area contributed by atoms with E-state index >= 15 is 0 Å². The molecular weight excluding hydrogens is 321 g/mol. The maximum Gasteiger partial charge on any atom is 0.434 e. The van der Waals surface area contributed by atoms with E-state index in [2.05, 4.69) is 15.2 Å². The number of nitrogens with one attached hydrogen (secondary N) is 2. The van der Waals surface area contributed by atoms with Crippen molar-refractivity contribution >= 4 is 22.5 Å². The Hall–Kier alpha value is -2.86. The highest BCUT2D eigenvalue weighted by Crippen LogP contribution is 2.38. The van der Waals surface area contributed by atoms with E-state index in [-0.39, 0.29) is 11.7 Å². The lowest BCUT2D eigenvalue weighted by molar-refractivity contribution is 0.527. The summed E-state index contributed by atoms with van der Waals surface area (Å²) < 4.78 is 18.3. The van der Waals surface area contributed by atoms with Crippen LogP contribution in [-0.2, 0) is 0 Å². The van der Waals surface area contributed by atoms with Crippen molar-refractivity contribution in [2.24, 2.45) is 0 Å². The van der Waals surface area contributed by atoms with Crippen molar-refractivity contribution in [3.05, 3.63) is 63.9 Å². The molecule has 2 aromatic heterocycles. The Bertz CT molecular complexity index is 1060. The molecule has 0 aliphatic heterocycles. The van der Waals surface area contributed by atoms with Crippen LogP contribution in [0.2, 0.25) is 5.02 Å². The molecular formula is C16H9ClFN3O2. The maximum absolute atomic E-state index is 13.2. The van der Waals surface area contributed by atoms with Crippen LogP contribution in [-0.4, -0.2) is 15.2 Å². The molecule has 7 heteroatoms. The van der Waals surface area contributed by atoms with Gasteiger partial charge >= 0.3 is 5.76 Å². The van der Waals surface area contributed by atoms with E-state index in [1.54, 1.807) is 24.3 Å². The Morgan fingerprint density at radius 1 is 1.13 bits per heavy atom. The summed E-state index contributed by atoms with van der Waals surface area (Å²) in [6.45, 7) is 0. The first kappa shape index (κ1) is 13.8. The topological polar surface area (TPSA) is 74.7 Å². The minimum atomic E-state index is -0.651. The van der Waals surface area contributed by atoms with Crippen LogP contribution in [0.3, 0.4) is 0 Å². The standard InChI is InChI=1S/C16H9ClFN3O2/c17-9-3-6-12-11(7-9)13(15-20-21-16(22)23-15)14(19-12)8-1-4-10(18)5-2-8/h1-7,19H,(H,21,22). The zero-order chi connectivity index (χ0) is 16.0. The number of fused-ring (bicyclic) bond motifs is 1. The van der Waals surface area contributed by atoms with E-state index < -0.39 is 5.76 Å². The molecule has 0 aliphatic carbocycles. The molecule has 0 radical (unpaired) electrons. The molecule has 0 unspecified atom stereocenters. The molecule has 2 heterocycles. The molecule has 4 aromatic rings. The van der Waals surface area contributed by atoms with Crippen molar-refractivity contribution in [2.75, 3.05) is 0 Å². The third-order valence-electron chi connectivity index (χ3n) is 3.55. The highest BCUT2D eigenvalue weighted by atomic mass is 35.5. The fraction of sp³-hybridized carbons (Fsp3) is 0. The summed E-state index contributed by atoms with van der Waals surface area (Å²) in [6.07, 6.45) is 0. The zero-order valence-corrected chi connectivity index (χ0v) is 12.3. The Morgan fingerprint density at radius 2 is 1.91 bits per heavy atom. The van der Waals surface area contributed by atoms with Gasteiger partial charge < -0.3 is 9.40 Å². The van der Waals surface area contributed by atoms with E-state index in [1.807, 2.05) is 6.07 Å². The third kappa shape index (κ3) is 2.33. The number of H-pyrrole nitrogens is 2. The Balaban J connectivity index is 2.06. The van der Waals surface area contributed by atoms with Crippen LogP contribution in [0.4, 0.5) is 4.39 Å². The number of aromatic amines is 2. The van der Waals surface area contributed by atoms with Gasteiger partial charge in [-0.15, -0.1) is 5.10 Å². The summed E-state index contributed by atoms with van der Waals surface area (Å²) in [5, 5.41) is 7.44. The normalized spacial score (nSPS) is 11.2. The Morgan fingerprint density at radius 3 is 2.61 bits per heavy atom. The molecule has 114 valence electrons. The van der Waals surface area contributed by atoms with Crippen molar-refractivity contribution in [3.63, 3.8) is 0 Å². The first-order chi connectivity index (χ1) is 11.1. The lowest BCUT2D eigenvalue weighted by Crippen LogP contribution is -1.93. The van der Waals surface area contributed by atoms with Crippen LogP contribution in [0, 0.1) is 5.82 Å². The molecule has 0 bridgehead atoms. The maximum atomic E-state index is 13.2. The average Bonchev–Trinajstić information content (AvgIpc) is 3.11. The van der Waals surface area contributed by atoms with Crippen molar-refractivity contribution in [2.45, 2.75) is 0 Å². The summed E-state index contributed by atoms with van der Waals surface area (Å²) in [4.78, 5) is 14.5. The minimum absolute atomic E-state index is 0.142. The molecule has 0 atom stereocenters. The lowest BCUT2D eigenvalue weighted by atomic mass is 10.1. The molecule has 0 saturated heterocycles. The summed E-state index contributed by atoms with van der Waals surface area (Å²) in [5.74, 6) is -0.843. The molecule has 2 N–H and O–H groups in total. The van der Waals surface area contributed by atoms with Crippen molar-refractivity contribution in [3.8, 4) is 22.7 Å². The minimum Gasteiger partial charge on any atom is -0.388 e. The number of hydrogen-bond donors (Lipinski definition) is 2. The zero-order valence-electron chi connectivity index (χ0n) is 11.6. The van der Waals surface area contributed by atoms with Gasteiger partial charge in [-0.1, -0.05) is 11.6 Å². The summed E-state index contributed by atoms with van der Waals surface area (Å²) in [5.41, 5.74) is 2.79. The van der Waals surface area contributed by atoms with Crippen LogP contribution in [0.25, 0.3) is 33.6 Å². The van der Waals surface area contributed by atoms with E-state index in [1.165, 1.54) is 12.1 Å². The molecule has 5 nitrogen and oxygen atoms in total. The van der Waals surface area contributed by atoms with Crippen LogP contribution >= 0.6 is 11.6 Å². The Labute approximate surface area is 133 Å². The molecule has 0 aliphatic rings. The molecule has 0 spiro atoms. The van der Waals surface area contributed by atoms with Gasteiger partial charge in [-0.2, -0.15) is 0 Å². The number of nitrogens with zero attached hydrogens (tertiary/aromatic N) is 1. The number of hydrogen-bond acceptors (Lipinski definition) is 3. The van der Waals surface area contributed by atoms with Gasteiger partial charge in [0.05, 0.1) is 11.3 Å². The van der Waals surface area contributed by atoms with Gasteiger partial charge in [-0.05, 0) is 48.0 Å². The fourth-order valence-corrected chi connectivity index (χ4v) is 2.73. The largest absolute Gasteiger partial charge is 0.434 e. The van der Waals surface area contributed by atoms with Gasteiger partial charge in [0.2, 0.25) is 0 Å². The SMILES string of the molecule is O=c1[nH]nc(-c2c(-c3ccc(F)cc3)[nH]c3ccc(Cl)cc23)o1. The van der Waals surface area contributed by atoms with E-state index in [4.69, 9.17) is 16.0 Å². The summed E-state index contributed by atoms with van der Waals surface area (Å²) >= 11 is 6.08. The van der Waals surface area contributed by atoms with Crippen LogP contribution in [0.15, 0.2) is 51.7 Å². The number of benzene rings is 2. The number of rotatable bonds is 2. The molecule has 23 heavy (non-hydrogen) atoms. The van der Waals surface area contributed by atoms with E-state index in [0.29, 0.717) is 16.3 Å². The third-order valence-corrected chi connectivity index (χ3v) is 3.78.